The number of pyridine rings is 1. The van der Waals surface area contributed by atoms with Crippen LogP contribution in [0.4, 0.5) is 5.69 Å². The lowest BCUT2D eigenvalue weighted by Crippen LogP contribution is -2.21. The number of nitrogens with zero attached hydrogens (tertiary/aromatic N) is 2. The van der Waals surface area contributed by atoms with E-state index in [0.29, 0.717) is 5.71 Å². The zero-order valence-electron chi connectivity index (χ0n) is 13.9. The fourth-order valence-corrected chi connectivity index (χ4v) is 3.30. The molecule has 0 bridgehead atoms. The molecule has 3 rings (SSSR count). The van der Waals surface area contributed by atoms with Crippen LogP contribution >= 0.6 is 15.9 Å². The van der Waals surface area contributed by atoms with Crippen molar-refractivity contribution in [3.05, 3.63) is 70.8 Å². The lowest BCUT2D eigenvalue weighted by atomic mass is 9.94. The third-order valence-electron chi connectivity index (χ3n) is 3.99. The molecule has 0 aliphatic rings. The minimum absolute atomic E-state index is 0.341. The van der Waals surface area contributed by atoms with Gasteiger partial charge in [-0.3, -0.25) is 14.8 Å². The van der Waals surface area contributed by atoms with Crippen molar-refractivity contribution in [2.75, 3.05) is 7.11 Å². The maximum atomic E-state index is 12.4. The zero-order chi connectivity index (χ0) is 17.8. The highest BCUT2D eigenvalue weighted by Gasteiger charge is 2.26. The van der Waals surface area contributed by atoms with E-state index in [1.165, 1.54) is 7.11 Å². The summed E-state index contributed by atoms with van der Waals surface area (Å²) in [7, 11) is 1.39. The van der Waals surface area contributed by atoms with E-state index in [9.17, 15) is 4.79 Å². The van der Waals surface area contributed by atoms with Gasteiger partial charge in [0, 0.05) is 21.8 Å². The zero-order valence-corrected chi connectivity index (χ0v) is 15.5. The highest BCUT2D eigenvalue weighted by atomic mass is 79.9. The maximum Gasteiger partial charge on any atom is 0.318 e. The summed E-state index contributed by atoms with van der Waals surface area (Å²) in [5, 5.41) is 0.945. The Bertz CT molecular complexity index is 948. The van der Waals surface area contributed by atoms with Crippen molar-refractivity contribution in [1.82, 2.24) is 4.98 Å². The number of carbonyl (C=O) groups is 1. The average Bonchev–Trinajstić information content (AvgIpc) is 2.63. The number of benzene rings is 2. The highest BCUT2D eigenvalue weighted by molar-refractivity contribution is 9.10. The van der Waals surface area contributed by atoms with E-state index < -0.39 is 5.92 Å². The first-order valence-corrected chi connectivity index (χ1v) is 8.62. The Morgan fingerprint density at radius 2 is 1.92 bits per heavy atom. The van der Waals surface area contributed by atoms with Crippen LogP contribution in [0.25, 0.3) is 10.9 Å². The van der Waals surface area contributed by atoms with E-state index >= 15 is 0 Å². The lowest BCUT2D eigenvalue weighted by Gasteiger charge is -2.17. The molecule has 0 fully saturated rings. The number of hydrogen-bond donors (Lipinski definition) is 0. The lowest BCUT2D eigenvalue weighted by molar-refractivity contribution is -0.140. The van der Waals surface area contributed by atoms with Crippen molar-refractivity contribution in [2.45, 2.75) is 12.8 Å². The van der Waals surface area contributed by atoms with E-state index in [-0.39, 0.29) is 5.97 Å². The Morgan fingerprint density at radius 1 is 1.12 bits per heavy atom. The molecule has 3 aromatic rings. The van der Waals surface area contributed by atoms with Crippen LogP contribution in [0.5, 0.6) is 0 Å². The number of halogens is 1. The fourth-order valence-electron chi connectivity index (χ4n) is 2.79. The molecular weight excluding hydrogens is 380 g/mol. The Labute approximate surface area is 154 Å². The fraction of sp³-hybridized carbons (Fsp3) is 0.150. The van der Waals surface area contributed by atoms with Gasteiger partial charge in [-0.1, -0.05) is 40.2 Å². The van der Waals surface area contributed by atoms with Crippen LogP contribution < -0.4 is 0 Å². The molecule has 4 nitrogen and oxygen atoms in total. The highest BCUT2D eigenvalue weighted by Crippen LogP contribution is 2.30. The predicted molar refractivity (Wildman–Crippen MR) is 103 cm³/mol. The van der Waals surface area contributed by atoms with E-state index in [2.05, 4.69) is 20.9 Å². The minimum atomic E-state index is -0.576. The number of ether oxygens (including phenoxy) is 1. The summed E-state index contributed by atoms with van der Waals surface area (Å²) in [6, 6.07) is 17.2. The third-order valence-corrected chi connectivity index (χ3v) is 4.71. The van der Waals surface area contributed by atoms with Gasteiger partial charge in [0.25, 0.3) is 0 Å². The van der Waals surface area contributed by atoms with Crippen LogP contribution in [0.15, 0.2) is 70.3 Å². The monoisotopic (exact) mass is 396 g/mol. The average molecular weight is 397 g/mol. The molecule has 2 aromatic carbocycles. The van der Waals surface area contributed by atoms with Gasteiger partial charge in [0.2, 0.25) is 0 Å². The molecule has 1 aromatic heterocycles. The topological polar surface area (TPSA) is 51.5 Å². The third kappa shape index (κ3) is 3.61. The summed E-state index contributed by atoms with van der Waals surface area (Å²) < 4.78 is 5.86. The van der Waals surface area contributed by atoms with Crippen molar-refractivity contribution in [2.24, 2.45) is 4.99 Å². The molecule has 0 saturated carbocycles. The molecule has 25 heavy (non-hydrogen) atoms. The first kappa shape index (κ1) is 17.3. The second-order valence-electron chi connectivity index (χ2n) is 5.58. The number of rotatable bonds is 4. The quantitative estimate of drug-likeness (QED) is 0.458. The number of esters is 1. The normalized spacial score (nSPS) is 12.8. The molecule has 0 amide bonds. The number of carbonyl (C=O) groups excluding carboxylic acids is 1. The van der Waals surface area contributed by atoms with Crippen LogP contribution in [0, 0.1) is 0 Å². The largest absolute Gasteiger partial charge is 0.468 e. The molecule has 0 aliphatic carbocycles. The number of aromatic nitrogens is 1. The molecular formula is C20H17BrN2O2. The maximum absolute atomic E-state index is 12.4. The van der Waals surface area contributed by atoms with Gasteiger partial charge in [0.1, 0.15) is 5.92 Å². The summed E-state index contributed by atoms with van der Waals surface area (Å²) in [5.41, 5.74) is 3.14. The van der Waals surface area contributed by atoms with E-state index in [0.717, 1.165) is 26.6 Å². The van der Waals surface area contributed by atoms with Gasteiger partial charge in [-0.05, 0) is 42.8 Å². The Balaban J connectivity index is 2.11. The Morgan fingerprint density at radius 3 is 2.68 bits per heavy atom. The van der Waals surface area contributed by atoms with Crippen LogP contribution in [-0.4, -0.2) is 23.8 Å². The van der Waals surface area contributed by atoms with Gasteiger partial charge < -0.3 is 4.74 Å². The molecule has 0 radical (unpaired) electrons. The summed E-state index contributed by atoms with van der Waals surface area (Å²) in [4.78, 5) is 21.5. The van der Waals surface area contributed by atoms with Crippen LogP contribution in [0.1, 0.15) is 18.4 Å². The van der Waals surface area contributed by atoms with Gasteiger partial charge in [-0.25, -0.2) is 0 Å². The smallest absolute Gasteiger partial charge is 0.318 e. The summed E-state index contributed by atoms with van der Waals surface area (Å²) in [6.45, 7) is 1.84. The Kier molecular flexibility index (Phi) is 5.24. The molecule has 0 saturated heterocycles. The standard InChI is InChI=1S/C20H17BrN2O2/c1-13(19(20(24)25-2)14-7-3-4-9-16(14)21)23-18-11-5-10-17-15(18)8-6-12-22-17/h3-12,19H,1-2H3/b23-13+. The van der Waals surface area contributed by atoms with E-state index in [1.807, 2.05) is 61.5 Å². The first-order valence-electron chi connectivity index (χ1n) is 7.83. The summed E-state index contributed by atoms with van der Waals surface area (Å²) in [6.07, 6.45) is 1.75. The van der Waals surface area contributed by atoms with E-state index in [1.54, 1.807) is 6.20 Å². The van der Waals surface area contributed by atoms with Crippen LogP contribution in [0.2, 0.25) is 0 Å². The first-order chi connectivity index (χ1) is 12.1. The number of methoxy groups -OCH3 is 1. The molecule has 5 heteroatoms. The van der Waals surface area contributed by atoms with Crippen molar-refractivity contribution in [1.29, 1.82) is 0 Å². The second kappa shape index (κ2) is 7.57. The second-order valence-corrected chi connectivity index (χ2v) is 6.43. The number of fused-ring (bicyclic) bond motifs is 1. The van der Waals surface area contributed by atoms with Crippen LogP contribution in [0.3, 0.4) is 0 Å². The molecule has 0 aliphatic heterocycles. The van der Waals surface area contributed by atoms with E-state index in [4.69, 9.17) is 9.73 Å². The van der Waals surface area contributed by atoms with Gasteiger partial charge in [-0.15, -0.1) is 0 Å². The Hall–Kier alpha value is -2.53. The van der Waals surface area contributed by atoms with Crippen molar-refractivity contribution < 1.29 is 9.53 Å². The molecule has 126 valence electrons. The molecule has 0 spiro atoms. The number of aliphatic imine (C=N–C) groups is 1. The van der Waals surface area contributed by atoms with Crippen molar-refractivity contribution in [3.8, 4) is 0 Å². The van der Waals surface area contributed by atoms with Gasteiger partial charge in [-0.2, -0.15) is 0 Å². The number of hydrogen-bond acceptors (Lipinski definition) is 4. The molecule has 1 heterocycles. The van der Waals surface area contributed by atoms with Gasteiger partial charge in [0.05, 0.1) is 18.3 Å². The van der Waals surface area contributed by atoms with Crippen molar-refractivity contribution in [3.63, 3.8) is 0 Å². The van der Waals surface area contributed by atoms with Crippen molar-refractivity contribution >= 4 is 44.2 Å². The minimum Gasteiger partial charge on any atom is -0.468 e. The van der Waals surface area contributed by atoms with Crippen LogP contribution in [-0.2, 0) is 9.53 Å². The molecule has 0 N–H and O–H groups in total. The SMILES string of the molecule is COC(=O)C(/C(C)=N/c1cccc2ncccc12)c1ccccc1Br. The van der Waals surface area contributed by atoms with Gasteiger partial charge in [0.15, 0.2) is 0 Å². The molecule has 1 unspecified atom stereocenters. The predicted octanol–water partition coefficient (Wildman–Crippen LogP) is 5.05. The summed E-state index contributed by atoms with van der Waals surface area (Å²) >= 11 is 3.52. The summed E-state index contributed by atoms with van der Waals surface area (Å²) in [5.74, 6) is -0.918. The molecule has 1 atom stereocenters. The van der Waals surface area contributed by atoms with Gasteiger partial charge >= 0.3 is 5.97 Å².